The summed E-state index contributed by atoms with van der Waals surface area (Å²) in [6, 6.07) is 0. The zero-order valence-corrected chi connectivity index (χ0v) is 17.5. The summed E-state index contributed by atoms with van der Waals surface area (Å²) in [4.78, 5) is 13.2. The molecule has 3 aliphatic rings. The highest BCUT2D eigenvalue weighted by Crippen LogP contribution is 2.69. The Hall–Kier alpha value is -0.153. The van der Waals surface area contributed by atoms with Crippen LogP contribution in [0.2, 0.25) is 18.1 Å². The lowest BCUT2D eigenvalue weighted by Gasteiger charge is -2.65. The Morgan fingerprint density at radius 2 is 1.70 bits per heavy atom. The number of carbonyl (C=O) groups is 1. The number of Topliss-reactive ketones (excluding diaryl/α,β-unsaturated/α-hetero) is 1. The average Bonchev–Trinajstić information content (AvgIpc) is 2.66. The lowest BCUT2D eigenvalue weighted by molar-refractivity contribution is -0.205. The summed E-state index contributed by atoms with van der Waals surface area (Å²) >= 11 is 0. The highest BCUT2D eigenvalue weighted by molar-refractivity contribution is 6.74. The molecule has 23 heavy (non-hydrogen) atoms. The predicted octanol–water partition coefficient (Wildman–Crippen LogP) is 5.57. The minimum Gasteiger partial charge on any atom is -0.404 e. The van der Waals surface area contributed by atoms with Gasteiger partial charge in [0.15, 0.2) is 14.1 Å². The van der Waals surface area contributed by atoms with E-state index in [1.165, 1.54) is 19.3 Å². The Bertz CT molecular complexity index is 530. The van der Waals surface area contributed by atoms with Crippen LogP contribution < -0.4 is 0 Å². The molecule has 0 spiro atoms. The maximum absolute atomic E-state index is 13.2. The lowest BCUT2D eigenvalue weighted by atomic mass is 9.45. The van der Waals surface area contributed by atoms with Crippen LogP contribution in [0.4, 0.5) is 0 Å². The van der Waals surface area contributed by atoms with Gasteiger partial charge >= 0.3 is 0 Å². The number of carbonyl (C=O) groups excluding carboxylic acids is 1. The van der Waals surface area contributed by atoms with Gasteiger partial charge in [-0.25, -0.2) is 0 Å². The molecule has 0 aromatic heterocycles. The van der Waals surface area contributed by atoms with Gasteiger partial charge in [0, 0.05) is 11.8 Å². The molecule has 0 heterocycles. The minimum absolute atomic E-state index is 0.0797. The van der Waals surface area contributed by atoms with E-state index in [9.17, 15) is 4.79 Å². The van der Waals surface area contributed by atoms with Gasteiger partial charge in [0.2, 0.25) is 0 Å². The summed E-state index contributed by atoms with van der Waals surface area (Å²) in [5.41, 5.74) is 0.00907. The largest absolute Gasteiger partial charge is 0.404 e. The van der Waals surface area contributed by atoms with Crippen molar-refractivity contribution < 1.29 is 9.22 Å². The summed E-state index contributed by atoms with van der Waals surface area (Å²) in [5, 5.41) is 0.157. The van der Waals surface area contributed by atoms with Gasteiger partial charge in [0.05, 0.1) is 0 Å². The molecule has 3 fully saturated rings. The average molecular weight is 337 g/mol. The normalized spacial score (nSPS) is 42.9. The fourth-order valence-corrected chi connectivity index (χ4v) is 7.19. The smallest absolute Gasteiger partial charge is 0.193 e. The van der Waals surface area contributed by atoms with Crippen LogP contribution >= 0.6 is 0 Å². The fourth-order valence-electron chi connectivity index (χ4n) is 5.56. The molecule has 0 aromatic rings. The predicted molar refractivity (Wildman–Crippen MR) is 98.0 cm³/mol. The second kappa shape index (κ2) is 4.72. The van der Waals surface area contributed by atoms with Crippen molar-refractivity contribution in [3.8, 4) is 0 Å². The third kappa shape index (κ3) is 2.32. The molecule has 4 atom stereocenters. The van der Waals surface area contributed by atoms with Crippen LogP contribution in [0.25, 0.3) is 0 Å². The number of ketones is 1. The van der Waals surface area contributed by atoms with E-state index in [0.717, 1.165) is 12.8 Å². The molecule has 3 rings (SSSR count). The van der Waals surface area contributed by atoms with Crippen LogP contribution in [0, 0.1) is 22.7 Å². The van der Waals surface area contributed by atoms with Crippen molar-refractivity contribution in [2.75, 3.05) is 0 Å². The quantitative estimate of drug-likeness (QED) is 0.616. The van der Waals surface area contributed by atoms with Crippen molar-refractivity contribution in [3.05, 3.63) is 0 Å². The topological polar surface area (TPSA) is 26.3 Å². The first-order chi connectivity index (χ1) is 10.2. The lowest BCUT2D eigenvalue weighted by Crippen LogP contribution is -2.71. The molecule has 0 aliphatic heterocycles. The van der Waals surface area contributed by atoms with Gasteiger partial charge in [0.25, 0.3) is 0 Å². The van der Waals surface area contributed by atoms with Gasteiger partial charge in [-0.1, -0.05) is 41.5 Å². The molecule has 0 N–H and O–H groups in total. The first-order valence-electron chi connectivity index (χ1n) is 9.48. The Labute approximate surface area is 143 Å². The summed E-state index contributed by atoms with van der Waals surface area (Å²) in [6.45, 7) is 18.6. The molecule has 0 unspecified atom stereocenters. The second-order valence-corrected chi connectivity index (χ2v) is 15.9. The zero-order chi connectivity index (χ0) is 17.5. The van der Waals surface area contributed by atoms with Gasteiger partial charge in [-0.3, -0.25) is 4.79 Å². The molecule has 2 nitrogen and oxygen atoms in total. The van der Waals surface area contributed by atoms with Crippen LogP contribution in [-0.4, -0.2) is 19.7 Å². The number of fused-ring (bicyclic) bond motifs is 3. The number of hydrogen-bond donors (Lipinski definition) is 0. The summed E-state index contributed by atoms with van der Waals surface area (Å²) in [6.07, 6.45) is 5.38. The van der Waals surface area contributed by atoms with E-state index >= 15 is 0 Å². The van der Waals surface area contributed by atoms with Crippen LogP contribution in [0.3, 0.4) is 0 Å². The fraction of sp³-hybridized carbons (Fsp3) is 0.950. The van der Waals surface area contributed by atoms with E-state index in [0.29, 0.717) is 23.0 Å². The minimum atomic E-state index is -1.94. The van der Waals surface area contributed by atoms with E-state index in [1.54, 1.807) is 0 Å². The van der Waals surface area contributed by atoms with Crippen molar-refractivity contribution in [3.63, 3.8) is 0 Å². The monoisotopic (exact) mass is 336 g/mol. The van der Waals surface area contributed by atoms with Crippen molar-refractivity contribution >= 4 is 14.1 Å². The third-order valence-corrected chi connectivity index (χ3v) is 12.5. The van der Waals surface area contributed by atoms with Crippen LogP contribution in [0.15, 0.2) is 0 Å². The molecule has 0 saturated heterocycles. The van der Waals surface area contributed by atoms with E-state index in [1.807, 2.05) is 0 Å². The molecular weight excluding hydrogens is 300 g/mol. The Morgan fingerprint density at radius 3 is 2.17 bits per heavy atom. The van der Waals surface area contributed by atoms with Gasteiger partial charge in [-0.2, -0.15) is 0 Å². The Morgan fingerprint density at radius 1 is 1.09 bits per heavy atom. The summed E-state index contributed by atoms with van der Waals surface area (Å²) in [7, 11) is -1.94. The van der Waals surface area contributed by atoms with E-state index in [-0.39, 0.29) is 10.5 Å². The number of rotatable bonds is 2. The molecule has 3 heteroatoms. The van der Waals surface area contributed by atoms with E-state index < -0.39 is 13.9 Å². The van der Waals surface area contributed by atoms with Crippen molar-refractivity contribution in [1.29, 1.82) is 0 Å². The van der Waals surface area contributed by atoms with Crippen LogP contribution in [-0.2, 0) is 9.22 Å². The van der Waals surface area contributed by atoms with Gasteiger partial charge in [-0.05, 0) is 61.1 Å². The summed E-state index contributed by atoms with van der Waals surface area (Å²) in [5.74, 6) is 1.70. The maximum atomic E-state index is 13.2. The highest BCUT2D eigenvalue weighted by Gasteiger charge is 2.71. The molecule has 0 amide bonds. The second-order valence-electron chi connectivity index (χ2n) is 11.2. The Kier molecular flexibility index (Phi) is 3.63. The maximum Gasteiger partial charge on any atom is 0.193 e. The molecule has 0 radical (unpaired) electrons. The Balaban J connectivity index is 1.95. The van der Waals surface area contributed by atoms with Crippen molar-refractivity contribution in [2.24, 2.45) is 22.7 Å². The van der Waals surface area contributed by atoms with Crippen molar-refractivity contribution in [1.82, 2.24) is 0 Å². The van der Waals surface area contributed by atoms with Crippen LogP contribution in [0.5, 0.6) is 0 Å². The van der Waals surface area contributed by atoms with E-state index in [4.69, 9.17) is 4.43 Å². The van der Waals surface area contributed by atoms with Gasteiger partial charge in [0.1, 0.15) is 5.60 Å². The first-order valence-corrected chi connectivity index (χ1v) is 12.4. The SMILES string of the molecule is CC1(C)C[C@@H]2CC(=O)[C@@]3(O[Si](C)(C)C(C)(C)C)CC[C@@]3(C)[C@@H]2C1. The van der Waals surface area contributed by atoms with Gasteiger partial charge < -0.3 is 4.43 Å². The molecule has 3 aliphatic carbocycles. The van der Waals surface area contributed by atoms with Crippen molar-refractivity contribution in [2.45, 2.75) is 97.4 Å². The first kappa shape index (κ1) is 17.7. The molecule has 0 bridgehead atoms. The van der Waals surface area contributed by atoms with Crippen LogP contribution in [0.1, 0.15) is 73.6 Å². The molecular formula is C20H36O2Si. The third-order valence-electron chi connectivity index (χ3n) is 8.03. The standard InChI is InChI=1S/C20H36O2Si/c1-17(2,3)23(7,8)22-20-10-9-19(20,6)15-13-18(4,5)12-14(15)11-16(20)21/h14-15H,9-13H2,1-8H3/t14-,15+,19-,20-/m0/s1. The number of hydrogen-bond acceptors (Lipinski definition) is 2. The zero-order valence-electron chi connectivity index (χ0n) is 16.5. The molecule has 0 aromatic carbocycles. The van der Waals surface area contributed by atoms with Gasteiger partial charge in [-0.15, -0.1) is 0 Å². The molecule has 132 valence electrons. The summed E-state index contributed by atoms with van der Waals surface area (Å²) < 4.78 is 6.91. The van der Waals surface area contributed by atoms with E-state index in [2.05, 4.69) is 54.6 Å². The highest BCUT2D eigenvalue weighted by atomic mass is 28.4. The molecule has 3 saturated carbocycles.